The maximum Gasteiger partial charge on any atom is 0.0501 e. The number of halogens is 1. The molecular formula is C8H11ClO. The number of hydrogen-bond donors (Lipinski definition) is 0. The molecule has 0 saturated carbocycles. The summed E-state index contributed by atoms with van der Waals surface area (Å²) in [5.41, 5.74) is 0. The Morgan fingerprint density at radius 1 is 1.40 bits per heavy atom. The summed E-state index contributed by atoms with van der Waals surface area (Å²) in [5, 5.41) is 1.03. The van der Waals surface area contributed by atoms with Crippen LogP contribution in [0.3, 0.4) is 0 Å². The summed E-state index contributed by atoms with van der Waals surface area (Å²) in [6.45, 7) is 1.88. The third-order valence-corrected chi connectivity index (χ3v) is 2.74. The molecule has 0 N–H and O–H groups in total. The minimum atomic E-state index is 0.720. The lowest BCUT2D eigenvalue weighted by Crippen LogP contribution is -2.15. The maximum absolute atomic E-state index is 5.89. The van der Waals surface area contributed by atoms with Crippen LogP contribution in [-0.4, -0.2) is 13.2 Å². The zero-order valence-corrected chi connectivity index (χ0v) is 6.60. The first-order chi connectivity index (χ1) is 4.86. The monoisotopic (exact) mass is 158 g/mol. The topological polar surface area (TPSA) is 9.23 Å². The number of rotatable bonds is 0. The normalized spacial score (nSPS) is 39.1. The predicted octanol–water partition coefficient (Wildman–Crippen LogP) is 2.17. The summed E-state index contributed by atoms with van der Waals surface area (Å²) in [4.78, 5) is 0. The van der Waals surface area contributed by atoms with Crippen LogP contribution in [0.4, 0.5) is 0 Å². The average molecular weight is 159 g/mol. The molecule has 2 atom stereocenters. The molecule has 1 heterocycles. The van der Waals surface area contributed by atoms with Gasteiger partial charge in [0.1, 0.15) is 0 Å². The van der Waals surface area contributed by atoms with E-state index < -0.39 is 0 Å². The first-order valence-corrected chi connectivity index (χ1v) is 4.16. The molecule has 1 aliphatic carbocycles. The van der Waals surface area contributed by atoms with Crippen LogP contribution in [-0.2, 0) is 4.74 Å². The molecule has 0 amide bonds. The van der Waals surface area contributed by atoms with Crippen molar-refractivity contribution in [3.05, 3.63) is 11.1 Å². The Balaban J connectivity index is 2.08. The maximum atomic E-state index is 5.89. The summed E-state index contributed by atoms with van der Waals surface area (Å²) in [7, 11) is 0. The van der Waals surface area contributed by atoms with E-state index in [2.05, 4.69) is 6.08 Å². The minimum Gasteiger partial charge on any atom is -0.381 e. The largest absolute Gasteiger partial charge is 0.381 e. The smallest absolute Gasteiger partial charge is 0.0501 e. The first-order valence-electron chi connectivity index (χ1n) is 3.78. The molecule has 10 heavy (non-hydrogen) atoms. The van der Waals surface area contributed by atoms with Crippen molar-refractivity contribution in [1.82, 2.24) is 0 Å². The number of allylic oxidation sites excluding steroid dienone is 2. The van der Waals surface area contributed by atoms with Crippen LogP contribution >= 0.6 is 11.6 Å². The highest BCUT2D eigenvalue weighted by molar-refractivity contribution is 6.29. The van der Waals surface area contributed by atoms with Gasteiger partial charge in [0.25, 0.3) is 0 Å². The molecule has 2 unspecified atom stereocenters. The van der Waals surface area contributed by atoms with E-state index in [1.54, 1.807) is 0 Å². The Morgan fingerprint density at radius 3 is 3.10 bits per heavy atom. The molecule has 1 fully saturated rings. The van der Waals surface area contributed by atoms with E-state index in [1.165, 1.54) is 0 Å². The van der Waals surface area contributed by atoms with Gasteiger partial charge in [-0.3, -0.25) is 0 Å². The third-order valence-electron chi connectivity index (χ3n) is 2.43. The lowest BCUT2D eigenvalue weighted by molar-refractivity contribution is 0.181. The number of fused-ring (bicyclic) bond motifs is 1. The van der Waals surface area contributed by atoms with E-state index >= 15 is 0 Å². The van der Waals surface area contributed by atoms with Crippen LogP contribution in [0, 0.1) is 11.8 Å². The molecular weight excluding hydrogens is 148 g/mol. The Hall–Kier alpha value is -0.0100. The van der Waals surface area contributed by atoms with Crippen molar-refractivity contribution in [2.75, 3.05) is 13.2 Å². The van der Waals surface area contributed by atoms with E-state index in [9.17, 15) is 0 Å². The van der Waals surface area contributed by atoms with Gasteiger partial charge in [0, 0.05) is 5.03 Å². The molecule has 2 rings (SSSR count). The molecule has 0 bridgehead atoms. The molecule has 1 saturated heterocycles. The molecule has 1 aliphatic heterocycles. The Morgan fingerprint density at radius 2 is 2.20 bits per heavy atom. The van der Waals surface area contributed by atoms with Gasteiger partial charge in [-0.05, 0) is 24.7 Å². The molecule has 0 aromatic rings. The zero-order valence-electron chi connectivity index (χ0n) is 5.85. The molecule has 0 radical (unpaired) electrons. The lowest BCUT2D eigenvalue weighted by atomic mass is 9.86. The van der Waals surface area contributed by atoms with E-state index in [1.807, 2.05) is 0 Å². The van der Waals surface area contributed by atoms with Gasteiger partial charge >= 0.3 is 0 Å². The average Bonchev–Trinajstić information content (AvgIpc) is 2.33. The van der Waals surface area contributed by atoms with Gasteiger partial charge in [-0.15, -0.1) is 0 Å². The quantitative estimate of drug-likeness (QED) is 0.525. The van der Waals surface area contributed by atoms with Gasteiger partial charge in [0.2, 0.25) is 0 Å². The highest BCUT2D eigenvalue weighted by Crippen LogP contribution is 2.35. The Labute approximate surface area is 66.0 Å². The van der Waals surface area contributed by atoms with Gasteiger partial charge in [0.15, 0.2) is 0 Å². The summed E-state index contributed by atoms with van der Waals surface area (Å²) < 4.78 is 5.35. The van der Waals surface area contributed by atoms with Gasteiger partial charge in [-0.2, -0.15) is 0 Å². The second kappa shape index (κ2) is 2.55. The summed E-state index contributed by atoms with van der Waals surface area (Å²) in [5.74, 6) is 1.49. The fraction of sp³-hybridized carbons (Fsp3) is 0.750. The van der Waals surface area contributed by atoms with Crippen molar-refractivity contribution < 1.29 is 4.74 Å². The standard InChI is InChI=1S/C8H11ClO/c9-8-2-1-6-4-10-5-7(6)3-8/h2,6-7H,1,3-5H2. The van der Waals surface area contributed by atoms with Crippen molar-refractivity contribution in [1.29, 1.82) is 0 Å². The van der Waals surface area contributed by atoms with E-state index in [0.717, 1.165) is 42.9 Å². The van der Waals surface area contributed by atoms with E-state index in [0.29, 0.717) is 0 Å². The fourth-order valence-corrected chi connectivity index (χ4v) is 2.03. The number of hydrogen-bond acceptors (Lipinski definition) is 1. The second-order valence-corrected chi connectivity index (χ2v) is 3.63. The zero-order chi connectivity index (χ0) is 6.97. The van der Waals surface area contributed by atoms with Gasteiger partial charge < -0.3 is 4.74 Å². The van der Waals surface area contributed by atoms with Crippen molar-refractivity contribution >= 4 is 11.6 Å². The lowest BCUT2D eigenvalue weighted by Gasteiger charge is -2.19. The molecule has 1 nitrogen and oxygen atoms in total. The van der Waals surface area contributed by atoms with Crippen LogP contribution in [0.1, 0.15) is 12.8 Å². The van der Waals surface area contributed by atoms with Crippen molar-refractivity contribution in [3.8, 4) is 0 Å². The molecule has 2 aliphatic rings. The summed E-state index contributed by atoms with van der Waals surface area (Å²) >= 11 is 5.89. The third kappa shape index (κ3) is 1.08. The Bertz CT molecular complexity index is 165. The first kappa shape index (κ1) is 6.68. The molecule has 0 spiro atoms. The van der Waals surface area contributed by atoms with Gasteiger partial charge in [0.05, 0.1) is 13.2 Å². The number of ether oxygens (including phenoxy) is 1. The highest BCUT2D eigenvalue weighted by Gasteiger charge is 2.30. The Kier molecular flexibility index (Phi) is 1.71. The van der Waals surface area contributed by atoms with Crippen LogP contribution in [0.2, 0.25) is 0 Å². The minimum absolute atomic E-state index is 0.720. The van der Waals surface area contributed by atoms with Crippen LogP contribution < -0.4 is 0 Å². The van der Waals surface area contributed by atoms with Crippen molar-refractivity contribution in [2.24, 2.45) is 11.8 Å². The molecule has 2 heteroatoms. The molecule has 0 aromatic carbocycles. The summed E-state index contributed by atoms with van der Waals surface area (Å²) in [6, 6.07) is 0. The van der Waals surface area contributed by atoms with E-state index in [-0.39, 0.29) is 0 Å². The molecule has 0 aromatic heterocycles. The SMILES string of the molecule is ClC1=CCC2COCC2C1. The van der Waals surface area contributed by atoms with Crippen LogP contribution in [0.25, 0.3) is 0 Å². The van der Waals surface area contributed by atoms with Crippen LogP contribution in [0.5, 0.6) is 0 Å². The summed E-state index contributed by atoms with van der Waals surface area (Å²) in [6.07, 6.45) is 4.31. The highest BCUT2D eigenvalue weighted by atomic mass is 35.5. The fourth-order valence-electron chi connectivity index (χ4n) is 1.74. The van der Waals surface area contributed by atoms with Crippen molar-refractivity contribution in [2.45, 2.75) is 12.8 Å². The van der Waals surface area contributed by atoms with Gasteiger partial charge in [-0.25, -0.2) is 0 Å². The van der Waals surface area contributed by atoms with Gasteiger partial charge in [-0.1, -0.05) is 17.7 Å². The second-order valence-electron chi connectivity index (χ2n) is 3.15. The predicted molar refractivity (Wildman–Crippen MR) is 41.0 cm³/mol. The molecule has 56 valence electrons. The van der Waals surface area contributed by atoms with E-state index in [4.69, 9.17) is 16.3 Å². The van der Waals surface area contributed by atoms with Crippen LogP contribution in [0.15, 0.2) is 11.1 Å². The van der Waals surface area contributed by atoms with Crippen molar-refractivity contribution in [3.63, 3.8) is 0 Å².